The van der Waals surface area contributed by atoms with E-state index in [1.165, 1.54) is 0 Å². The Hall–Kier alpha value is -1.29. The number of halogens is 1. The summed E-state index contributed by atoms with van der Waals surface area (Å²) in [4.78, 5) is 4.59. The van der Waals surface area contributed by atoms with Gasteiger partial charge in [0.2, 0.25) is 0 Å². The fourth-order valence-corrected chi connectivity index (χ4v) is 2.26. The lowest BCUT2D eigenvalue weighted by Gasteiger charge is -2.10. The van der Waals surface area contributed by atoms with Crippen LogP contribution >= 0.6 is 15.9 Å². The van der Waals surface area contributed by atoms with E-state index in [-0.39, 0.29) is 0 Å². The Labute approximate surface area is 116 Å². The molecule has 0 unspecified atom stereocenters. The number of hydrogen-bond donors (Lipinski definition) is 1. The highest BCUT2D eigenvalue weighted by Gasteiger charge is 2.14. The van der Waals surface area contributed by atoms with Crippen molar-refractivity contribution in [2.75, 3.05) is 5.73 Å². The Morgan fingerprint density at radius 3 is 2.44 bits per heavy atom. The lowest BCUT2D eigenvalue weighted by atomic mass is 10.1. The van der Waals surface area contributed by atoms with Crippen LogP contribution in [0.25, 0.3) is 11.3 Å². The number of hydrogen-bond acceptors (Lipinski definition) is 2. The molecule has 96 valence electrons. The minimum atomic E-state index is 0.554. The van der Waals surface area contributed by atoms with Crippen molar-refractivity contribution < 1.29 is 0 Å². The van der Waals surface area contributed by atoms with E-state index >= 15 is 0 Å². The van der Waals surface area contributed by atoms with E-state index < -0.39 is 0 Å². The maximum absolute atomic E-state index is 6.21. The van der Waals surface area contributed by atoms with Crippen molar-refractivity contribution in [3.8, 4) is 11.3 Å². The number of benzene rings is 1. The normalized spacial score (nSPS) is 11.2. The maximum atomic E-state index is 6.21. The molecule has 2 rings (SSSR count). The fourth-order valence-electron chi connectivity index (χ4n) is 2.00. The van der Waals surface area contributed by atoms with Crippen molar-refractivity contribution >= 4 is 21.7 Å². The summed E-state index contributed by atoms with van der Waals surface area (Å²) in [5.74, 6) is 2.28. The molecule has 0 saturated carbocycles. The van der Waals surface area contributed by atoms with Crippen molar-refractivity contribution in [1.82, 2.24) is 9.55 Å². The molecule has 2 aromatic rings. The van der Waals surface area contributed by atoms with E-state index in [4.69, 9.17) is 5.73 Å². The Kier molecular flexibility index (Phi) is 3.76. The molecule has 0 aliphatic heterocycles. The molecule has 0 fully saturated rings. The van der Waals surface area contributed by atoms with Gasteiger partial charge in [-0.1, -0.05) is 41.9 Å². The SMILES string of the molecule is Cc1nc(-c2ccc(Br)cc2)c(N)n1CC(C)C. The molecule has 18 heavy (non-hydrogen) atoms. The Morgan fingerprint density at radius 2 is 1.89 bits per heavy atom. The second-order valence-corrected chi connectivity index (χ2v) is 5.82. The molecule has 0 saturated heterocycles. The molecule has 0 amide bonds. The van der Waals surface area contributed by atoms with Crippen molar-refractivity contribution in [2.45, 2.75) is 27.3 Å². The summed E-state index contributed by atoms with van der Waals surface area (Å²) in [5.41, 5.74) is 8.14. The quantitative estimate of drug-likeness (QED) is 0.935. The van der Waals surface area contributed by atoms with Gasteiger partial charge in [0, 0.05) is 16.6 Å². The molecule has 0 aliphatic rings. The summed E-state index contributed by atoms with van der Waals surface area (Å²) in [6.07, 6.45) is 0. The first-order valence-electron chi connectivity index (χ1n) is 6.07. The van der Waals surface area contributed by atoms with Gasteiger partial charge in [0.1, 0.15) is 17.3 Å². The molecule has 0 bridgehead atoms. The van der Waals surface area contributed by atoms with Gasteiger partial charge in [-0.05, 0) is 25.0 Å². The topological polar surface area (TPSA) is 43.8 Å². The Balaban J connectivity index is 2.43. The van der Waals surface area contributed by atoms with E-state index in [1.807, 2.05) is 31.2 Å². The monoisotopic (exact) mass is 307 g/mol. The Morgan fingerprint density at radius 1 is 1.28 bits per heavy atom. The van der Waals surface area contributed by atoms with Gasteiger partial charge in [0.25, 0.3) is 0 Å². The third kappa shape index (κ3) is 2.58. The largest absolute Gasteiger partial charge is 0.383 e. The fraction of sp³-hybridized carbons (Fsp3) is 0.357. The molecule has 2 N–H and O–H groups in total. The lowest BCUT2D eigenvalue weighted by Crippen LogP contribution is -2.09. The predicted molar refractivity (Wildman–Crippen MR) is 79.4 cm³/mol. The summed E-state index contributed by atoms with van der Waals surface area (Å²) < 4.78 is 3.14. The molecule has 1 aromatic carbocycles. The van der Waals surface area contributed by atoms with Crippen LogP contribution in [-0.4, -0.2) is 9.55 Å². The third-order valence-electron chi connectivity index (χ3n) is 2.86. The molecular weight excluding hydrogens is 290 g/mol. The molecule has 0 atom stereocenters. The zero-order chi connectivity index (χ0) is 13.3. The summed E-state index contributed by atoms with van der Waals surface area (Å²) in [7, 11) is 0. The summed E-state index contributed by atoms with van der Waals surface area (Å²) in [6, 6.07) is 8.07. The predicted octanol–water partition coefficient (Wildman–Crippen LogP) is 3.86. The van der Waals surface area contributed by atoms with E-state index in [0.717, 1.165) is 33.9 Å². The molecule has 0 spiro atoms. The van der Waals surface area contributed by atoms with Crippen LogP contribution < -0.4 is 5.73 Å². The number of nitrogen functional groups attached to an aromatic ring is 1. The molecule has 4 heteroatoms. The van der Waals surface area contributed by atoms with Crippen LogP contribution in [0.1, 0.15) is 19.7 Å². The molecule has 0 radical (unpaired) electrons. The highest BCUT2D eigenvalue weighted by molar-refractivity contribution is 9.10. The highest BCUT2D eigenvalue weighted by atomic mass is 79.9. The second kappa shape index (κ2) is 5.14. The van der Waals surface area contributed by atoms with Crippen LogP contribution in [0.5, 0.6) is 0 Å². The molecule has 1 heterocycles. The van der Waals surface area contributed by atoms with Gasteiger partial charge in [0.15, 0.2) is 0 Å². The van der Waals surface area contributed by atoms with Crippen LogP contribution in [-0.2, 0) is 6.54 Å². The highest BCUT2D eigenvalue weighted by Crippen LogP contribution is 2.27. The van der Waals surface area contributed by atoms with E-state index in [2.05, 4.69) is 39.3 Å². The van der Waals surface area contributed by atoms with Crippen molar-refractivity contribution in [1.29, 1.82) is 0 Å². The van der Waals surface area contributed by atoms with E-state index in [9.17, 15) is 0 Å². The minimum absolute atomic E-state index is 0.554. The second-order valence-electron chi connectivity index (χ2n) is 4.90. The van der Waals surface area contributed by atoms with Crippen molar-refractivity contribution in [3.63, 3.8) is 0 Å². The van der Waals surface area contributed by atoms with Crippen LogP contribution in [0.15, 0.2) is 28.7 Å². The van der Waals surface area contributed by atoms with Gasteiger partial charge in [-0.15, -0.1) is 0 Å². The first kappa shape index (κ1) is 13.1. The van der Waals surface area contributed by atoms with Crippen LogP contribution in [0, 0.1) is 12.8 Å². The molecule has 3 nitrogen and oxygen atoms in total. The van der Waals surface area contributed by atoms with Crippen molar-refractivity contribution in [3.05, 3.63) is 34.6 Å². The summed E-state index contributed by atoms with van der Waals surface area (Å²) >= 11 is 3.43. The zero-order valence-electron chi connectivity index (χ0n) is 10.9. The van der Waals surface area contributed by atoms with Crippen molar-refractivity contribution in [2.24, 2.45) is 5.92 Å². The van der Waals surface area contributed by atoms with Crippen LogP contribution in [0.2, 0.25) is 0 Å². The van der Waals surface area contributed by atoms with E-state index in [1.54, 1.807) is 0 Å². The number of nitrogens with zero attached hydrogens (tertiary/aromatic N) is 2. The first-order chi connectivity index (χ1) is 8.49. The smallest absolute Gasteiger partial charge is 0.131 e. The lowest BCUT2D eigenvalue weighted by molar-refractivity contribution is 0.518. The van der Waals surface area contributed by atoms with Gasteiger partial charge in [-0.25, -0.2) is 4.98 Å². The Bertz CT molecular complexity index is 541. The summed E-state index contributed by atoms with van der Waals surface area (Å²) in [5, 5.41) is 0. The zero-order valence-corrected chi connectivity index (χ0v) is 12.5. The summed E-state index contributed by atoms with van der Waals surface area (Å²) in [6.45, 7) is 7.26. The number of aromatic nitrogens is 2. The average Bonchev–Trinajstić information content (AvgIpc) is 2.58. The number of nitrogens with two attached hydrogens (primary N) is 1. The van der Waals surface area contributed by atoms with E-state index in [0.29, 0.717) is 5.92 Å². The van der Waals surface area contributed by atoms with Crippen LogP contribution in [0.3, 0.4) is 0 Å². The maximum Gasteiger partial charge on any atom is 0.131 e. The van der Waals surface area contributed by atoms with Gasteiger partial charge in [0.05, 0.1) is 0 Å². The van der Waals surface area contributed by atoms with Crippen LogP contribution in [0.4, 0.5) is 5.82 Å². The number of anilines is 1. The molecule has 0 aliphatic carbocycles. The minimum Gasteiger partial charge on any atom is -0.383 e. The number of rotatable bonds is 3. The first-order valence-corrected chi connectivity index (χ1v) is 6.87. The van der Waals surface area contributed by atoms with Gasteiger partial charge >= 0.3 is 0 Å². The molecular formula is C14H18BrN3. The molecule has 1 aromatic heterocycles. The average molecular weight is 308 g/mol. The standard InChI is InChI=1S/C14H18BrN3/c1-9(2)8-18-10(3)17-13(14(18)16)11-4-6-12(15)7-5-11/h4-7,9H,8,16H2,1-3H3. The van der Waals surface area contributed by atoms with Gasteiger partial charge in [-0.2, -0.15) is 0 Å². The number of imidazole rings is 1. The third-order valence-corrected chi connectivity index (χ3v) is 3.39. The number of aryl methyl sites for hydroxylation is 1. The van der Waals surface area contributed by atoms with Gasteiger partial charge in [-0.3, -0.25) is 0 Å². The van der Waals surface area contributed by atoms with Gasteiger partial charge < -0.3 is 10.3 Å².